The van der Waals surface area contributed by atoms with Crippen LogP contribution in [0.5, 0.6) is 11.5 Å². The number of methoxy groups -OCH3 is 2. The molecule has 1 aromatic heterocycles. The second-order valence-electron chi connectivity index (χ2n) is 4.46. The monoisotopic (exact) mass is 324 g/mol. The molecular weight excluding hydrogens is 308 g/mol. The van der Waals surface area contributed by atoms with E-state index >= 15 is 0 Å². The second kappa shape index (κ2) is 6.63. The highest BCUT2D eigenvalue weighted by Crippen LogP contribution is 2.32. The van der Waals surface area contributed by atoms with Crippen molar-refractivity contribution in [2.24, 2.45) is 0 Å². The molecule has 1 unspecified atom stereocenters. The number of benzene rings is 1. The van der Waals surface area contributed by atoms with Gasteiger partial charge in [-0.25, -0.2) is 4.79 Å². The van der Waals surface area contributed by atoms with Crippen LogP contribution in [0.1, 0.15) is 17.3 Å². The van der Waals surface area contributed by atoms with Crippen LogP contribution in [0, 0.1) is 4.77 Å². The Morgan fingerprint density at radius 2 is 2.14 bits per heavy atom. The number of imidazole rings is 1. The normalized spacial score (nSPS) is 12.0. The number of carboxylic acid groups (broad SMARTS) is 1. The summed E-state index contributed by atoms with van der Waals surface area (Å²) in [5.74, 6) is -0.211. The Labute approximate surface area is 131 Å². The van der Waals surface area contributed by atoms with E-state index in [0.29, 0.717) is 22.8 Å². The molecule has 0 fully saturated rings. The molecule has 22 heavy (non-hydrogen) atoms. The van der Waals surface area contributed by atoms with Gasteiger partial charge in [0.15, 0.2) is 10.8 Å². The van der Waals surface area contributed by atoms with Gasteiger partial charge in [0.05, 0.1) is 26.5 Å². The van der Waals surface area contributed by atoms with Gasteiger partial charge in [-0.05, 0) is 24.4 Å². The summed E-state index contributed by atoms with van der Waals surface area (Å²) < 4.78 is 11.9. The van der Waals surface area contributed by atoms with Crippen LogP contribution in [-0.2, 0) is 11.4 Å². The van der Waals surface area contributed by atoms with Gasteiger partial charge >= 0.3 is 5.97 Å². The quantitative estimate of drug-likeness (QED) is 0.700. The van der Waals surface area contributed by atoms with Crippen molar-refractivity contribution in [1.82, 2.24) is 9.55 Å². The molecule has 0 radical (unpaired) electrons. The number of hydrogen-bond donors (Lipinski definition) is 3. The summed E-state index contributed by atoms with van der Waals surface area (Å²) in [5, 5.41) is 19.0. The molecule has 1 atom stereocenters. The molecule has 0 saturated heterocycles. The molecule has 1 heterocycles. The molecule has 0 aliphatic heterocycles. The number of nitrogens with one attached hydrogen (secondary N) is 1. The molecule has 118 valence electrons. The fourth-order valence-corrected chi connectivity index (χ4v) is 2.53. The van der Waals surface area contributed by atoms with Gasteiger partial charge in [0, 0.05) is 17.8 Å². The molecule has 2 aromatic rings. The zero-order valence-corrected chi connectivity index (χ0v) is 12.9. The average Bonchev–Trinajstić information content (AvgIpc) is 2.88. The minimum atomic E-state index is -1.12. The van der Waals surface area contributed by atoms with Gasteiger partial charge in [-0.3, -0.25) is 0 Å². The van der Waals surface area contributed by atoms with Crippen LogP contribution >= 0.6 is 12.2 Å². The Morgan fingerprint density at radius 1 is 1.41 bits per heavy atom. The number of carbonyl (C=O) groups is 1. The summed E-state index contributed by atoms with van der Waals surface area (Å²) >= 11 is 5.13. The first-order valence-electron chi connectivity index (χ1n) is 6.37. The number of aromatic amines is 1. The molecule has 8 heteroatoms. The Hall–Kier alpha value is -2.32. The maximum atomic E-state index is 11.8. The van der Waals surface area contributed by atoms with Crippen molar-refractivity contribution in [3.8, 4) is 11.5 Å². The lowest BCUT2D eigenvalue weighted by Crippen LogP contribution is -2.23. The first-order chi connectivity index (χ1) is 10.5. The van der Waals surface area contributed by atoms with E-state index in [1.54, 1.807) is 18.2 Å². The van der Waals surface area contributed by atoms with E-state index in [0.717, 1.165) is 0 Å². The first kappa shape index (κ1) is 16.1. The van der Waals surface area contributed by atoms with Crippen molar-refractivity contribution in [3.05, 3.63) is 40.4 Å². The van der Waals surface area contributed by atoms with Gasteiger partial charge in [-0.1, -0.05) is 0 Å². The number of carboxylic acids is 1. The molecule has 1 aromatic carbocycles. The Balaban J connectivity index is 2.65. The van der Waals surface area contributed by atoms with Crippen LogP contribution in [0.25, 0.3) is 0 Å². The van der Waals surface area contributed by atoms with Crippen molar-refractivity contribution >= 4 is 18.2 Å². The van der Waals surface area contributed by atoms with Gasteiger partial charge < -0.3 is 29.2 Å². The third-order valence-electron chi connectivity index (χ3n) is 3.28. The highest BCUT2D eigenvalue weighted by atomic mass is 32.1. The maximum Gasteiger partial charge on any atom is 0.331 e. The second-order valence-corrected chi connectivity index (χ2v) is 4.85. The van der Waals surface area contributed by atoms with Gasteiger partial charge in [0.2, 0.25) is 0 Å². The highest BCUT2D eigenvalue weighted by Gasteiger charge is 2.28. The van der Waals surface area contributed by atoms with Gasteiger partial charge in [-0.2, -0.15) is 0 Å². The third kappa shape index (κ3) is 2.83. The number of aliphatic carboxylic acids is 1. The summed E-state index contributed by atoms with van der Waals surface area (Å²) in [6.45, 7) is -0.338. The lowest BCUT2D eigenvalue weighted by atomic mass is 10.0. The standard InChI is InChI=1S/C14H16N2O5S/c1-20-9-3-4-10(11(5-9)21-2)12(13(18)19)16-8(7-17)6-15-14(16)22/h3-6,12,17H,7H2,1-2H3,(H,15,22)(H,18,19). The van der Waals surface area contributed by atoms with E-state index in [2.05, 4.69) is 4.98 Å². The van der Waals surface area contributed by atoms with Crippen molar-refractivity contribution in [2.75, 3.05) is 14.2 Å². The van der Waals surface area contributed by atoms with Crippen LogP contribution in [-0.4, -0.2) is 40.0 Å². The highest BCUT2D eigenvalue weighted by molar-refractivity contribution is 7.71. The van der Waals surface area contributed by atoms with Gasteiger partial charge in [-0.15, -0.1) is 0 Å². The predicted molar refractivity (Wildman–Crippen MR) is 80.9 cm³/mol. The smallest absolute Gasteiger partial charge is 0.331 e. The number of rotatable bonds is 6. The number of aromatic nitrogens is 2. The van der Waals surface area contributed by atoms with Crippen LogP contribution < -0.4 is 9.47 Å². The van der Waals surface area contributed by atoms with E-state index in [1.165, 1.54) is 25.0 Å². The fourth-order valence-electron chi connectivity index (χ4n) is 2.25. The minimum absolute atomic E-state index is 0.203. The van der Waals surface area contributed by atoms with E-state index in [1.807, 2.05) is 0 Å². The van der Waals surface area contributed by atoms with Crippen molar-refractivity contribution in [1.29, 1.82) is 0 Å². The van der Waals surface area contributed by atoms with Crippen LogP contribution in [0.2, 0.25) is 0 Å². The molecule has 0 aliphatic carbocycles. The SMILES string of the molecule is COc1ccc(C(C(=O)O)n2c(CO)c[nH]c2=S)c(OC)c1. The number of H-pyrrole nitrogens is 1. The zero-order valence-electron chi connectivity index (χ0n) is 12.1. The van der Waals surface area contributed by atoms with Crippen molar-refractivity contribution in [2.45, 2.75) is 12.6 Å². The summed E-state index contributed by atoms with van der Waals surface area (Å²) in [7, 11) is 2.95. The number of ether oxygens (including phenoxy) is 2. The summed E-state index contributed by atoms with van der Waals surface area (Å²) in [4.78, 5) is 14.5. The molecule has 0 saturated carbocycles. The predicted octanol–water partition coefficient (Wildman–Crippen LogP) is 1.73. The minimum Gasteiger partial charge on any atom is -0.497 e. The van der Waals surface area contributed by atoms with E-state index < -0.39 is 12.0 Å². The maximum absolute atomic E-state index is 11.8. The Kier molecular flexibility index (Phi) is 4.84. The Morgan fingerprint density at radius 3 is 2.68 bits per heavy atom. The summed E-state index contributed by atoms with van der Waals surface area (Å²) in [6, 6.07) is 3.72. The van der Waals surface area contributed by atoms with Crippen LogP contribution in [0.4, 0.5) is 0 Å². The molecule has 0 aliphatic rings. The molecule has 0 amide bonds. The van der Waals surface area contributed by atoms with Gasteiger partial charge in [0.1, 0.15) is 11.5 Å². The lowest BCUT2D eigenvalue weighted by Gasteiger charge is -2.20. The number of aliphatic hydroxyl groups is 1. The molecule has 3 N–H and O–H groups in total. The average molecular weight is 324 g/mol. The fraction of sp³-hybridized carbons (Fsp3) is 0.286. The zero-order chi connectivity index (χ0) is 16.3. The van der Waals surface area contributed by atoms with Crippen molar-refractivity contribution < 1.29 is 24.5 Å². The molecule has 0 bridgehead atoms. The number of hydrogen-bond acceptors (Lipinski definition) is 5. The van der Waals surface area contributed by atoms with E-state index in [9.17, 15) is 15.0 Å². The molecule has 2 rings (SSSR count). The molecule has 0 spiro atoms. The topological polar surface area (TPSA) is 96.7 Å². The summed E-state index contributed by atoms with van der Waals surface area (Å²) in [6.07, 6.45) is 1.48. The van der Waals surface area contributed by atoms with Gasteiger partial charge in [0.25, 0.3) is 0 Å². The first-order valence-corrected chi connectivity index (χ1v) is 6.78. The number of nitrogens with zero attached hydrogens (tertiary/aromatic N) is 1. The Bertz CT molecular complexity index is 737. The number of aliphatic hydroxyl groups excluding tert-OH is 1. The van der Waals surface area contributed by atoms with E-state index in [-0.39, 0.29) is 11.4 Å². The summed E-state index contributed by atoms with van der Waals surface area (Å²) in [5.41, 5.74) is 0.775. The molecule has 7 nitrogen and oxygen atoms in total. The largest absolute Gasteiger partial charge is 0.497 e. The lowest BCUT2D eigenvalue weighted by molar-refractivity contribution is -0.139. The third-order valence-corrected chi connectivity index (χ3v) is 3.59. The van der Waals surface area contributed by atoms with Crippen molar-refractivity contribution in [3.63, 3.8) is 0 Å². The van der Waals surface area contributed by atoms with E-state index in [4.69, 9.17) is 21.7 Å². The van der Waals surface area contributed by atoms with Crippen LogP contribution in [0.15, 0.2) is 24.4 Å². The van der Waals surface area contributed by atoms with Crippen LogP contribution in [0.3, 0.4) is 0 Å². The molecular formula is C14H16N2O5S.